The van der Waals surface area contributed by atoms with Crippen molar-refractivity contribution >= 4 is 10.0 Å². The third kappa shape index (κ3) is 3.52. The maximum absolute atomic E-state index is 12.1. The Balaban J connectivity index is 2.88. The smallest absolute Gasteiger partial charge is 0.245 e. The van der Waals surface area contributed by atoms with E-state index in [9.17, 15) is 8.42 Å². The van der Waals surface area contributed by atoms with Gasteiger partial charge in [0.2, 0.25) is 10.0 Å². The number of hydrogen-bond donors (Lipinski definition) is 1. The van der Waals surface area contributed by atoms with Crippen LogP contribution in [0, 0.1) is 5.92 Å². The van der Waals surface area contributed by atoms with Gasteiger partial charge in [0.05, 0.1) is 19.3 Å². The molecule has 0 aliphatic heterocycles. The van der Waals surface area contributed by atoms with Gasteiger partial charge in [-0.3, -0.25) is 4.68 Å². The van der Waals surface area contributed by atoms with E-state index in [0.29, 0.717) is 13.1 Å². The summed E-state index contributed by atoms with van der Waals surface area (Å²) in [6.07, 6.45) is 2.74. The number of aliphatic hydroxyl groups is 1. The van der Waals surface area contributed by atoms with E-state index >= 15 is 0 Å². The first kappa shape index (κ1) is 14.1. The predicted octanol–water partition coefficient (Wildman–Crippen LogP) is 0.152. The number of aliphatic hydroxyl groups excluding tert-OH is 1. The molecular formula is C10H19N3O3S. The highest BCUT2D eigenvalue weighted by Gasteiger charge is 2.22. The van der Waals surface area contributed by atoms with Gasteiger partial charge in [-0.2, -0.15) is 5.10 Å². The fraction of sp³-hybridized carbons (Fsp3) is 0.700. The van der Waals surface area contributed by atoms with Crippen LogP contribution in [0.25, 0.3) is 0 Å². The normalized spacial score (nSPS) is 12.6. The van der Waals surface area contributed by atoms with Crippen LogP contribution in [-0.2, 0) is 16.6 Å². The summed E-state index contributed by atoms with van der Waals surface area (Å²) in [7, 11) is -1.91. The number of nitrogens with zero attached hydrogens (tertiary/aromatic N) is 3. The van der Waals surface area contributed by atoms with Crippen LogP contribution in [-0.4, -0.2) is 47.8 Å². The lowest BCUT2D eigenvalue weighted by atomic mass is 10.2. The molecule has 1 N–H and O–H groups in total. The van der Waals surface area contributed by atoms with E-state index in [4.69, 9.17) is 5.11 Å². The molecule has 6 nitrogen and oxygen atoms in total. The zero-order valence-electron chi connectivity index (χ0n) is 10.4. The zero-order valence-corrected chi connectivity index (χ0v) is 11.2. The van der Waals surface area contributed by atoms with Gasteiger partial charge in [0.25, 0.3) is 0 Å². The Morgan fingerprint density at radius 3 is 2.71 bits per heavy atom. The van der Waals surface area contributed by atoms with Gasteiger partial charge < -0.3 is 5.11 Å². The molecule has 1 rings (SSSR count). The van der Waals surface area contributed by atoms with Gasteiger partial charge in [0.15, 0.2) is 0 Å². The minimum atomic E-state index is -3.46. The quantitative estimate of drug-likeness (QED) is 0.791. The fourth-order valence-electron chi connectivity index (χ4n) is 1.49. The standard InChI is InChI=1S/C10H19N3O3S/c1-9(2)7-12(3)17(15,16)10-6-11-13(8-10)4-5-14/h6,8-9,14H,4-5,7H2,1-3H3. The third-order valence-corrected chi connectivity index (χ3v) is 4.05. The van der Waals surface area contributed by atoms with E-state index in [0.717, 1.165) is 0 Å². The molecule has 1 aromatic heterocycles. The highest BCUT2D eigenvalue weighted by molar-refractivity contribution is 7.89. The van der Waals surface area contributed by atoms with Gasteiger partial charge in [0.1, 0.15) is 4.90 Å². The van der Waals surface area contributed by atoms with Crippen molar-refractivity contribution in [3.63, 3.8) is 0 Å². The molecule has 1 heterocycles. The van der Waals surface area contributed by atoms with Gasteiger partial charge in [-0.25, -0.2) is 12.7 Å². The molecule has 0 radical (unpaired) electrons. The highest BCUT2D eigenvalue weighted by atomic mass is 32.2. The lowest BCUT2D eigenvalue weighted by molar-refractivity contribution is 0.269. The molecule has 17 heavy (non-hydrogen) atoms. The van der Waals surface area contributed by atoms with E-state index in [1.165, 1.54) is 21.4 Å². The first-order chi connectivity index (χ1) is 7.87. The summed E-state index contributed by atoms with van der Waals surface area (Å²) in [6, 6.07) is 0. The maximum atomic E-state index is 12.1. The summed E-state index contributed by atoms with van der Waals surface area (Å²) in [5.41, 5.74) is 0. The van der Waals surface area contributed by atoms with Crippen molar-refractivity contribution in [3.8, 4) is 0 Å². The molecule has 0 unspecified atom stereocenters. The molecular weight excluding hydrogens is 242 g/mol. The molecule has 1 aromatic rings. The van der Waals surface area contributed by atoms with Crippen molar-refractivity contribution in [1.29, 1.82) is 0 Å². The Bertz CT molecular complexity index is 453. The summed E-state index contributed by atoms with van der Waals surface area (Å²) >= 11 is 0. The summed E-state index contributed by atoms with van der Waals surface area (Å²) in [5.74, 6) is 0.266. The maximum Gasteiger partial charge on any atom is 0.245 e. The molecule has 0 fully saturated rings. The minimum Gasteiger partial charge on any atom is -0.394 e. The fourth-order valence-corrected chi connectivity index (χ4v) is 2.78. The van der Waals surface area contributed by atoms with Crippen molar-refractivity contribution in [2.75, 3.05) is 20.2 Å². The van der Waals surface area contributed by atoms with Crippen LogP contribution in [0.3, 0.4) is 0 Å². The first-order valence-electron chi connectivity index (χ1n) is 5.47. The molecule has 0 atom stereocenters. The largest absolute Gasteiger partial charge is 0.394 e. The van der Waals surface area contributed by atoms with Crippen molar-refractivity contribution in [3.05, 3.63) is 12.4 Å². The minimum absolute atomic E-state index is 0.0665. The molecule has 0 amide bonds. The average Bonchev–Trinajstić information content (AvgIpc) is 2.66. The van der Waals surface area contributed by atoms with Crippen LogP contribution in [0.4, 0.5) is 0 Å². The molecule has 0 aliphatic carbocycles. The monoisotopic (exact) mass is 261 g/mol. The summed E-state index contributed by atoms with van der Waals surface area (Å²) in [4.78, 5) is 0.161. The van der Waals surface area contributed by atoms with Crippen LogP contribution in [0.1, 0.15) is 13.8 Å². The summed E-state index contributed by atoms with van der Waals surface area (Å²) in [5, 5.41) is 12.6. The molecule has 0 spiro atoms. The predicted molar refractivity (Wildman–Crippen MR) is 64.0 cm³/mol. The SMILES string of the molecule is CC(C)CN(C)S(=O)(=O)c1cnn(CCO)c1. The molecule has 0 aromatic carbocycles. The Kier molecular flexibility index (Phi) is 4.67. The van der Waals surface area contributed by atoms with Crippen molar-refractivity contribution in [2.45, 2.75) is 25.3 Å². The average molecular weight is 261 g/mol. The van der Waals surface area contributed by atoms with Crippen LogP contribution >= 0.6 is 0 Å². The van der Waals surface area contributed by atoms with Crippen LogP contribution < -0.4 is 0 Å². The molecule has 0 aliphatic rings. The third-order valence-electron chi connectivity index (χ3n) is 2.27. The van der Waals surface area contributed by atoms with E-state index in [-0.39, 0.29) is 17.4 Å². The van der Waals surface area contributed by atoms with Crippen molar-refractivity contribution in [2.24, 2.45) is 5.92 Å². The highest BCUT2D eigenvalue weighted by Crippen LogP contribution is 2.14. The molecule has 0 bridgehead atoms. The van der Waals surface area contributed by atoms with Crippen LogP contribution in [0.2, 0.25) is 0 Å². The second kappa shape index (κ2) is 5.61. The number of rotatable bonds is 6. The Morgan fingerprint density at radius 1 is 1.53 bits per heavy atom. The van der Waals surface area contributed by atoms with E-state index in [2.05, 4.69) is 5.10 Å². The first-order valence-corrected chi connectivity index (χ1v) is 6.91. The van der Waals surface area contributed by atoms with E-state index in [1.54, 1.807) is 7.05 Å². The zero-order chi connectivity index (χ0) is 13.1. The number of sulfonamides is 1. The van der Waals surface area contributed by atoms with Gasteiger partial charge in [-0.1, -0.05) is 13.8 Å². The molecule has 0 saturated heterocycles. The lowest BCUT2D eigenvalue weighted by Crippen LogP contribution is -2.30. The van der Waals surface area contributed by atoms with Gasteiger partial charge >= 0.3 is 0 Å². The number of aromatic nitrogens is 2. The summed E-state index contributed by atoms with van der Waals surface area (Å²) < 4.78 is 26.9. The molecule has 7 heteroatoms. The lowest BCUT2D eigenvalue weighted by Gasteiger charge is -2.17. The second-order valence-corrected chi connectivity index (χ2v) is 6.39. The van der Waals surface area contributed by atoms with Gasteiger partial charge in [-0.15, -0.1) is 0 Å². The Labute approximate surface area is 102 Å². The summed E-state index contributed by atoms with van der Waals surface area (Å²) in [6.45, 7) is 4.61. The Hall–Kier alpha value is -0.920. The second-order valence-electron chi connectivity index (χ2n) is 4.34. The van der Waals surface area contributed by atoms with Crippen LogP contribution in [0.5, 0.6) is 0 Å². The van der Waals surface area contributed by atoms with Gasteiger partial charge in [-0.05, 0) is 5.92 Å². The molecule has 98 valence electrons. The Morgan fingerprint density at radius 2 is 2.18 bits per heavy atom. The number of hydrogen-bond acceptors (Lipinski definition) is 4. The topological polar surface area (TPSA) is 75.4 Å². The molecule has 0 saturated carbocycles. The van der Waals surface area contributed by atoms with Gasteiger partial charge in [0, 0.05) is 19.8 Å². The van der Waals surface area contributed by atoms with E-state index in [1.807, 2.05) is 13.8 Å². The van der Waals surface area contributed by atoms with Crippen molar-refractivity contribution < 1.29 is 13.5 Å². The van der Waals surface area contributed by atoms with E-state index < -0.39 is 10.0 Å². The van der Waals surface area contributed by atoms with Crippen molar-refractivity contribution in [1.82, 2.24) is 14.1 Å². The van der Waals surface area contributed by atoms with Crippen LogP contribution in [0.15, 0.2) is 17.3 Å².